The molecule has 0 aliphatic carbocycles. The number of nitrogens with zero attached hydrogens (tertiary/aromatic N) is 4. The fourth-order valence-corrected chi connectivity index (χ4v) is 2.64. The van der Waals surface area contributed by atoms with E-state index in [2.05, 4.69) is 63.2 Å². The second-order valence-corrected chi connectivity index (χ2v) is 5.23. The summed E-state index contributed by atoms with van der Waals surface area (Å²) in [6.07, 6.45) is 1.71. The van der Waals surface area contributed by atoms with Crippen LogP contribution >= 0.6 is 0 Å². The summed E-state index contributed by atoms with van der Waals surface area (Å²) in [6.45, 7) is 0. The first-order valence-corrected chi connectivity index (χ1v) is 7.13. The molecule has 5 heteroatoms. The molecule has 0 radical (unpaired) electrons. The van der Waals surface area contributed by atoms with Crippen LogP contribution in [0.25, 0.3) is 10.8 Å². The van der Waals surface area contributed by atoms with E-state index >= 15 is 0 Å². The highest BCUT2D eigenvalue weighted by atomic mass is 15.6. The number of likely N-dealkylation sites (N-methyl/N-ethyl adjacent to an activating group) is 1. The normalized spacial score (nSPS) is 12.7. The molecule has 0 saturated carbocycles. The number of hydrogen-bond donors (Lipinski definition) is 1. The molecular weight excluding hydrogens is 262 g/mol. The number of benzene rings is 2. The largest absolute Gasteiger partial charge is 0.316 e. The second-order valence-electron chi connectivity index (χ2n) is 5.23. The third-order valence-corrected chi connectivity index (χ3v) is 3.73. The van der Waals surface area contributed by atoms with Crippen molar-refractivity contribution in [2.24, 2.45) is 7.05 Å². The average Bonchev–Trinajstić information content (AvgIpc) is 2.92. The Morgan fingerprint density at radius 1 is 1.10 bits per heavy atom. The van der Waals surface area contributed by atoms with Crippen LogP contribution in [0.5, 0.6) is 0 Å². The minimum atomic E-state index is 0.292. The van der Waals surface area contributed by atoms with Gasteiger partial charge in [0.25, 0.3) is 0 Å². The summed E-state index contributed by atoms with van der Waals surface area (Å²) in [6, 6.07) is 15.2. The molecule has 2 aromatic carbocycles. The van der Waals surface area contributed by atoms with Crippen molar-refractivity contribution in [3.05, 3.63) is 53.9 Å². The smallest absolute Gasteiger partial charge is 0.176 e. The molecule has 21 heavy (non-hydrogen) atoms. The zero-order valence-corrected chi connectivity index (χ0v) is 12.3. The number of tetrazole rings is 1. The highest BCUT2D eigenvalue weighted by Gasteiger charge is 2.13. The van der Waals surface area contributed by atoms with E-state index in [0.717, 1.165) is 18.7 Å². The molecule has 1 N–H and O–H groups in total. The lowest BCUT2D eigenvalue weighted by Crippen LogP contribution is -2.30. The van der Waals surface area contributed by atoms with Crippen molar-refractivity contribution in [1.82, 2.24) is 25.5 Å². The molecule has 0 aliphatic heterocycles. The molecule has 1 aromatic heterocycles. The molecule has 0 amide bonds. The maximum Gasteiger partial charge on any atom is 0.176 e. The molecule has 1 unspecified atom stereocenters. The Labute approximate surface area is 124 Å². The van der Waals surface area contributed by atoms with Crippen LogP contribution in [0.15, 0.2) is 42.5 Å². The van der Waals surface area contributed by atoms with E-state index in [1.54, 1.807) is 7.05 Å². The van der Waals surface area contributed by atoms with Gasteiger partial charge in [0.2, 0.25) is 0 Å². The standard InChI is InChI=1S/C16H19N5/c1-17-14(11-16-18-20-21(2)19-16)10-13-8-5-7-12-6-3-4-9-15(12)13/h3-9,14,17H,10-11H2,1-2H3. The third-order valence-electron chi connectivity index (χ3n) is 3.73. The van der Waals surface area contributed by atoms with E-state index in [1.807, 2.05) is 7.05 Å². The monoisotopic (exact) mass is 281 g/mol. The number of aromatic nitrogens is 4. The zero-order valence-electron chi connectivity index (χ0n) is 12.3. The molecule has 0 fully saturated rings. The summed E-state index contributed by atoms with van der Waals surface area (Å²) in [5.74, 6) is 0.775. The Balaban J connectivity index is 1.82. The first kappa shape index (κ1) is 13.7. The maximum atomic E-state index is 4.26. The first-order valence-electron chi connectivity index (χ1n) is 7.13. The molecule has 0 bridgehead atoms. The number of hydrogen-bond acceptors (Lipinski definition) is 4. The van der Waals surface area contributed by atoms with E-state index in [1.165, 1.54) is 21.1 Å². The summed E-state index contributed by atoms with van der Waals surface area (Å²) in [4.78, 5) is 1.50. The van der Waals surface area contributed by atoms with Gasteiger partial charge in [-0.1, -0.05) is 42.5 Å². The molecule has 5 nitrogen and oxygen atoms in total. The average molecular weight is 281 g/mol. The first-order chi connectivity index (χ1) is 10.3. The van der Waals surface area contributed by atoms with Crippen LogP contribution in [0.3, 0.4) is 0 Å². The van der Waals surface area contributed by atoms with Crippen molar-refractivity contribution in [2.75, 3.05) is 7.05 Å². The van der Waals surface area contributed by atoms with Gasteiger partial charge in [-0.2, -0.15) is 4.80 Å². The van der Waals surface area contributed by atoms with Gasteiger partial charge in [-0.05, 0) is 35.0 Å². The molecule has 1 heterocycles. The molecule has 1 atom stereocenters. The molecular formula is C16H19N5. The van der Waals surface area contributed by atoms with Gasteiger partial charge in [-0.25, -0.2) is 0 Å². The molecule has 0 saturated heterocycles. The SMILES string of the molecule is CNC(Cc1nnn(C)n1)Cc1cccc2ccccc12. The number of nitrogens with one attached hydrogen (secondary N) is 1. The lowest BCUT2D eigenvalue weighted by Gasteiger charge is -2.15. The summed E-state index contributed by atoms with van der Waals surface area (Å²) in [5.41, 5.74) is 1.34. The Kier molecular flexibility index (Phi) is 3.92. The Bertz CT molecular complexity index is 729. The van der Waals surface area contributed by atoms with Crippen molar-refractivity contribution >= 4 is 10.8 Å². The predicted molar refractivity (Wildman–Crippen MR) is 83.0 cm³/mol. The summed E-state index contributed by atoms with van der Waals surface area (Å²) < 4.78 is 0. The predicted octanol–water partition coefficient (Wildman–Crippen LogP) is 1.74. The van der Waals surface area contributed by atoms with Crippen molar-refractivity contribution in [3.63, 3.8) is 0 Å². The molecule has 3 aromatic rings. The van der Waals surface area contributed by atoms with Crippen molar-refractivity contribution in [1.29, 1.82) is 0 Å². The Morgan fingerprint density at radius 2 is 1.90 bits per heavy atom. The van der Waals surface area contributed by atoms with Crippen molar-refractivity contribution in [2.45, 2.75) is 18.9 Å². The van der Waals surface area contributed by atoms with Gasteiger partial charge < -0.3 is 5.32 Å². The molecule has 0 spiro atoms. The van der Waals surface area contributed by atoms with Crippen LogP contribution in [0.2, 0.25) is 0 Å². The van der Waals surface area contributed by atoms with Crippen LogP contribution in [-0.4, -0.2) is 33.3 Å². The topological polar surface area (TPSA) is 55.6 Å². The van der Waals surface area contributed by atoms with Gasteiger partial charge in [-0.15, -0.1) is 10.2 Å². The zero-order chi connectivity index (χ0) is 14.7. The molecule has 3 rings (SSSR count). The van der Waals surface area contributed by atoms with Crippen molar-refractivity contribution < 1.29 is 0 Å². The van der Waals surface area contributed by atoms with Gasteiger partial charge in [0.15, 0.2) is 5.82 Å². The minimum Gasteiger partial charge on any atom is -0.316 e. The van der Waals surface area contributed by atoms with E-state index in [0.29, 0.717) is 6.04 Å². The van der Waals surface area contributed by atoms with Crippen LogP contribution in [0, 0.1) is 0 Å². The highest BCUT2D eigenvalue weighted by molar-refractivity contribution is 5.85. The number of aryl methyl sites for hydroxylation is 1. The lowest BCUT2D eigenvalue weighted by atomic mass is 9.97. The summed E-state index contributed by atoms with van der Waals surface area (Å²) >= 11 is 0. The summed E-state index contributed by atoms with van der Waals surface area (Å²) in [7, 11) is 3.77. The quantitative estimate of drug-likeness (QED) is 0.774. The Morgan fingerprint density at radius 3 is 2.67 bits per heavy atom. The van der Waals surface area contributed by atoms with Crippen LogP contribution in [0.4, 0.5) is 0 Å². The third kappa shape index (κ3) is 3.08. The second kappa shape index (κ2) is 6.01. The number of fused-ring (bicyclic) bond motifs is 1. The molecule has 108 valence electrons. The van der Waals surface area contributed by atoms with Crippen LogP contribution < -0.4 is 5.32 Å². The lowest BCUT2D eigenvalue weighted by molar-refractivity contribution is 0.541. The van der Waals surface area contributed by atoms with E-state index in [4.69, 9.17) is 0 Å². The van der Waals surface area contributed by atoms with Gasteiger partial charge in [0, 0.05) is 12.5 Å². The molecule has 0 aliphatic rings. The fourth-order valence-electron chi connectivity index (χ4n) is 2.64. The minimum absolute atomic E-state index is 0.292. The van der Waals surface area contributed by atoms with E-state index in [9.17, 15) is 0 Å². The van der Waals surface area contributed by atoms with E-state index < -0.39 is 0 Å². The Hall–Kier alpha value is -2.27. The van der Waals surface area contributed by atoms with Gasteiger partial charge in [0.1, 0.15) is 0 Å². The number of rotatable bonds is 5. The summed E-state index contributed by atoms with van der Waals surface area (Å²) in [5, 5.41) is 18.2. The van der Waals surface area contributed by atoms with Gasteiger partial charge in [0.05, 0.1) is 7.05 Å². The maximum absolute atomic E-state index is 4.26. The van der Waals surface area contributed by atoms with Gasteiger partial charge >= 0.3 is 0 Å². The fraction of sp³-hybridized carbons (Fsp3) is 0.312. The van der Waals surface area contributed by atoms with Gasteiger partial charge in [-0.3, -0.25) is 0 Å². The van der Waals surface area contributed by atoms with Crippen LogP contribution in [0.1, 0.15) is 11.4 Å². The highest BCUT2D eigenvalue weighted by Crippen LogP contribution is 2.20. The van der Waals surface area contributed by atoms with E-state index in [-0.39, 0.29) is 0 Å². The van der Waals surface area contributed by atoms with Crippen molar-refractivity contribution in [3.8, 4) is 0 Å². The van der Waals surface area contributed by atoms with Crippen LogP contribution in [-0.2, 0) is 19.9 Å².